The van der Waals surface area contributed by atoms with E-state index in [9.17, 15) is 18.0 Å². The zero-order chi connectivity index (χ0) is 22.2. The number of ether oxygens (including phenoxy) is 1. The van der Waals surface area contributed by atoms with Gasteiger partial charge in [-0.2, -0.15) is 18.3 Å². The minimum Gasteiger partial charge on any atom is -0.380 e. The molecule has 1 aliphatic heterocycles. The van der Waals surface area contributed by atoms with E-state index >= 15 is 0 Å². The number of benzene rings is 1. The first-order valence-corrected chi connectivity index (χ1v) is 9.58. The van der Waals surface area contributed by atoms with Crippen LogP contribution in [0.25, 0.3) is 0 Å². The van der Waals surface area contributed by atoms with Gasteiger partial charge in [-0.1, -0.05) is 12.1 Å². The second-order valence-corrected chi connectivity index (χ2v) is 7.35. The molecular formula is C20H21F3N6O2. The van der Waals surface area contributed by atoms with E-state index in [-0.39, 0.29) is 18.2 Å². The zero-order valence-electron chi connectivity index (χ0n) is 16.8. The Kier molecular flexibility index (Phi) is 5.44. The van der Waals surface area contributed by atoms with Gasteiger partial charge in [0.15, 0.2) is 5.82 Å². The molecule has 1 aromatic carbocycles. The molecule has 2 atom stereocenters. The number of aromatic nitrogens is 4. The average Bonchev–Trinajstić information content (AvgIpc) is 3.33. The van der Waals surface area contributed by atoms with E-state index in [1.807, 2.05) is 11.8 Å². The van der Waals surface area contributed by atoms with E-state index < -0.39 is 17.9 Å². The molecule has 0 saturated carbocycles. The molecule has 0 radical (unpaired) electrons. The third-order valence-electron chi connectivity index (χ3n) is 5.12. The van der Waals surface area contributed by atoms with Crippen molar-refractivity contribution in [3.05, 3.63) is 70.0 Å². The lowest BCUT2D eigenvalue weighted by Gasteiger charge is -2.27. The summed E-state index contributed by atoms with van der Waals surface area (Å²) in [4.78, 5) is 21.0. The molecule has 0 amide bonds. The fourth-order valence-electron chi connectivity index (χ4n) is 3.52. The lowest BCUT2D eigenvalue weighted by Crippen LogP contribution is -2.35. The summed E-state index contributed by atoms with van der Waals surface area (Å²) in [6.45, 7) is 2.55. The zero-order valence-corrected chi connectivity index (χ0v) is 16.8. The molecule has 31 heavy (non-hydrogen) atoms. The molecule has 164 valence electrons. The number of rotatable bonds is 6. The largest absolute Gasteiger partial charge is 0.416 e. The number of anilines is 2. The molecule has 3 aromatic rings. The average molecular weight is 434 g/mol. The van der Waals surface area contributed by atoms with Crippen LogP contribution in [0.15, 0.2) is 47.8 Å². The molecule has 3 heterocycles. The Bertz CT molecular complexity index is 1130. The number of methoxy groups -OCH3 is 1. The number of hydrogen-bond acceptors (Lipinski definition) is 6. The molecule has 0 aliphatic carbocycles. The summed E-state index contributed by atoms with van der Waals surface area (Å²) in [5.74, 6) is 0.503. The summed E-state index contributed by atoms with van der Waals surface area (Å²) in [5.41, 5.74) is 0.582. The minimum atomic E-state index is -4.40. The van der Waals surface area contributed by atoms with Crippen molar-refractivity contribution >= 4 is 11.5 Å². The second-order valence-electron chi connectivity index (χ2n) is 7.35. The maximum absolute atomic E-state index is 13.0. The van der Waals surface area contributed by atoms with Crippen LogP contribution in [-0.2, 0) is 17.5 Å². The standard InChI is InChI=1S/C20H21F3N6O2/c1-12(31-2)8-29-17(27-16-18(29)24-11-25-19(16)30)14-7-26-28(10-14)9-13-4-3-5-15(6-13)20(21,22)23/h3-7,10-12,17,27H,8-9H2,1-2H3,(H,24,25,30). The summed E-state index contributed by atoms with van der Waals surface area (Å²) in [6, 6.07) is 5.15. The van der Waals surface area contributed by atoms with E-state index in [1.165, 1.54) is 12.4 Å². The fraction of sp³-hybridized carbons (Fsp3) is 0.350. The van der Waals surface area contributed by atoms with Crippen LogP contribution in [0.2, 0.25) is 0 Å². The molecule has 1 aliphatic rings. The van der Waals surface area contributed by atoms with Gasteiger partial charge >= 0.3 is 6.18 Å². The lowest BCUT2D eigenvalue weighted by atomic mass is 10.1. The molecular weight excluding hydrogens is 413 g/mol. The van der Waals surface area contributed by atoms with Crippen molar-refractivity contribution < 1.29 is 17.9 Å². The van der Waals surface area contributed by atoms with E-state index in [0.717, 1.165) is 17.7 Å². The maximum atomic E-state index is 13.0. The molecule has 2 unspecified atom stereocenters. The summed E-state index contributed by atoms with van der Waals surface area (Å²) >= 11 is 0. The van der Waals surface area contributed by atoms with Gasteiger partial charge in [0.05, 0.1) is 30.7 Å². The van der Waals surface area contributed by atoms with Gasteiger partial charge in [0, 0.05) is 25.4 Å². The Morgan fingerprint density at radius 2 is 2.13 bits per heavy atom. The van der Waals surface area contributed by atoms with Gasteiger partial charge in [0.2, 0.25) is 0 Å². The van der Waals surface area contributed by atoms with Crippen LogP contribution < -0.4 is 15.8 Å². The van der Waals surface area contributed by atoms with Crippen molar-refractivity contribution in [2.24, 2.45) is 0 Å². The number of H-pyrrole nitrogens is 1. The summed E-state index contributed by atoms with van der Waals surface area (Å²) in [5, 5.41) is 7.46. The molecule has 0 fully saturated rings. The van der Waals surface area contributed by atoms with Crippen molar-refractivity contribution in [1.82, 2.24) is 19.7 Å². The Morgan fingerprint density at radius 3 is 2.87 bits per heavy atom. The number of nitrogens with one attached hydrogen (secondary N) is 2. The highest BCUT2D eigenvalue weighted by Crippen LogP contribution is 2.37. The van der Waals surface area contributed by atoms with E-state index in [2.05, 4.69) is 20.4 Å². The van der Waals surface area contributed by atoms with Crippen LogP contribution in [0.5, 0.6) is 0 Å². The van der Waals surface area contributed by atoms with Gasteiger partial charge in [-0.25, -0.2) is 4.98 Å². The Balaban J connectivity index is 1.59. The monoisotopic (exact) mass is 434 g/mol. The predicted octanol–water partition coefficient (Wildman–Crippen LogP) is 3.00. The highest BCUT2D eigenvalue weighted by Gasteiger charge is 2.35. The first kappa shape index (κ1) is 20.9. The van der Waals surface area contributed by atoms with Crippen molar-refractivity contribution in [3.63, 3.8) is 0 Å². The highest BCUT2D eigenvalue weighted by molar-refractivity contribution is 5.71. The summed E-state index contributed by atoms with van der Waals surface area (Å²) < 4.78 is 45.9. The van der Waals surface area contributed by atoms with Gasteiger partial charge in [-0.3, -0.25) is 9.48 Å². The Hall–Kier alpha value is -3.34. The number of aromatic amines is 1. The number of halogens is 3. The summed E-state index contributed by atoms with van der Waals surface area (Å²) in [7, 11) is 1.60. The number of fused-ring (bicyclic) bond motifs is 1. The molecule has 11 heteroatoms. The molecule has 2 aromatic heterocycles. The second kappa shape index (κ2) is 8.06. The first-order valence-electron chi connectivity index (χ1n) is 9.58. The maximum Gasteiger partial charge on any atom is 0.416 e. The SMILES string of the molecule is COC(C)CN1c2nc[nH]c(=O)c2NC1c1cnn(Cc2cccc(C(F)(F)F)c2)c1. The first-order chi connectivity index (χ1) is 14.8. The van der Waals surface area contributed by atoms with Crippen molar-refractivity contribution in [2.75, 3.05) is 23.9 Å². The van der Waals surface area contributed by atoms with Crippen molar-refractivity contribution in [2.45, 2.75) is 31.9 Å². The fourth-order valence-corrected chi connectivity index (χ4v) is 3.52. The van der Waals surface area contributed by atoms with Crippen LogP contribution in [-0.4, -0.2) is 39.5 Å². The lowest BCUT2D eigenvalue weighted by molar-refractivity contribution is -0.137. The van der Waals surface area contributed by atoms with Crippen molar-refractivity contribution in [1.29, 1.82) is 0 Å². The number of nitrogens with zero attached hydrogens (tertiary/aromatic N) is 4. The Labute approximate surface area is 175 Å². The van der Waals surface area contributed by atoms with Crippen LogP contribution in [0.3, 0.4) is 0 Å². The molecule has 0 bridgehead atoms. The molecule has 0 spiro atoms. The topological polar surface area (TPSA) is 88.1 Å². The Morgan fingerprint density at radius 1 is 1.32 bits per heavy atom. The number of hydrogen-bond donors (Lipinski definition) is 2. The van der Waals surface area contributed by atoms with Crippen LogP contribution in [0.4, 0.5) is 24.7 Å². The molecule has 8 nitrogen and oxygen atoms in total. The highest BCUT2D eigenvalue weighted by atomic mass is 19.4. The molecule has 4 rings (SSSR count). The van der Waals surface area contributed by atoms with E-state index in [4.69, 9.17) is 4.74 Å². The van der Waals surface area contributed by atoms with Crippen LogP contribution >= 0.6 is 0 Å². The normalized spacial score (nSPS) is 16.8. The van der Waals surface area contributed by atoms with Crippen LogP contribution in [0.1, 0.15) is 29.8 Å². The third kappa shape index (κ3) is 4.26. The molecule has 0 saturated heterocycles. The van der Waals surface area contributed by atoms with E-state index in [1.54, 1.807) is 30.3 Å². The van der Waals surface area contributed by atoms with Gasteiger partial charge in [0.25, 0.3) is 5.56 Å². The van der Waals surface area contributed by atoms with Crippen LogP contribution in [0, 0.1) is 0 Å². The molecule has 2 N–H and O–H groups in total. The third-order valence-corrected chi connectivity index (χ3v) is 5.12. The number of alkyl halides is 3. The van der Waals surface area contributed by atoms with Crippen molar-refractivity contribution in [3.8, 4) is 0 Å². The predicted molar refractivity (Wildman–Crippen MR) is 108 cm³/mol. The van der Waals surface area contributed by atoms with Gasteiger partial charge < -0.3 is 19.9 Å². The smallest absolute Gasteiger partial charge is 0.380 e. The van der Waals surface area contributed by atoms with Gasteiger partial charge in [0.1, 0.15) is 11.9 Å². The van der Waals surface area contributed by atoms with E-state index in [0.29, 0.717) is 23.6 Å². The summed E-state index contributed by atoms with van der Waals surface area (Å²) in [6.07, 6.45) is -0.246. The quantitative estimate of drug-likeness (QED) is 0.620. The van der Waals surface area contributed by atoms with Gasteiger partial charge in [-0.15, -0.1) is 0 Å². The minimum absolute atomic E-state index is 0.128. The van der Waals surface area contributed by atoms with Gasteiger partial charge in [-0.05, 0) is 24.6 Å².